The van der Waals surface area contributed by atoms with E-state index in [2.05, 4.69) is 19.2 Å². The maximum atomic E-state index is 12.2. The number of rotatable bonds is 5. The quantitative estimate of drug-likeness (QED) is 0.887. The van der Waals surface area contributed by atoms with Crippen molar-refractivity contribution < 1.29 is 4.79 Å². The van der Waals surface area contributed by atoms with Gasteiger partial charge in [-0.1, -0.05) is 31.5 Å². The SMILES string of the molecule is CC(C)CCNC(=O)C(C)n1ccc2c(Cl)cccc21. The van der Waals surface area contributed by atoms with Crippen molar-refractivity contribution in [1.82, 2.24) is 9.88 Å². The fourth-order valence-electron chi connectivity index (χ4n) is 2.25. The Morgan fingerprint density at radius 1 is 1.30 bits per heavy atom. The van der Waals surface area contributed by atoms with Crippen LogP contribution in [-0.4, -0.2) is 17.0 Å². The Morgan fingerprint density at radius 2 is 2.05 bits per heavy atom. The second-order valence-corrected chi connectivity index (χ2v) is 5.95. The highest BCUT2D eigenvalue weighted by molar-refractivity contribution is 6.35. The molecule has 1 atom stereocenters. The minimum Gasteiger partial charge on any atom is -0.354 e. The lowest BCUT2D eigenvalue weighted by molar-refractivity contribution is -0.123. The van der Waals surface area contributed by atoms with Crippen molar-refractivity contribution in [2.45, 2.75) is 33.2 Å². The van der Waals surface area contributed by atoms with Crippen LogP contribution in [0.5, 0.6) is 0 Å². The monoisotopic (exact) mass is 292 g/mol. The Labute approximate surface area is 124 Å². The highest BCUT2D eigenvalue weighted by atomic mass is 35.5. The Balaban J connectivity index is 2.13. The fraction of sp³-hybridized carbons (Fsp3) is 0.438. The van der Waals surface area contributed by atoms with E-state index in [1.54, 1.807) is 0 Å². The second-order valence-electron chi connectivity index (χ2n) is 5.55. The van der Waals surface area contributed by atoms with Gasteiger partial charge >= 0.3 is 0 Å². The first-order valence-corrected chi connectivity index (χ1v) is 7.41. The normalized spacial score (nSPS) is 12.8. The molecule has 0 saturated heterocycles. The first-order valence-electron chi connectivity index (χ1n) is 7.03. The van der Waals surface area contributed by atoms with Gasteiger partial charge in [0.25, 0.3) is 0 Å². The lowest BCUT2D eigenvalue weighted by Gasteiger charge is -2.16. The Morgan fingerprint density at radius 3 is 2.75 bits per heavy atom. The highest BCUT2D eigenvalue weighted by Crippen LogP contribution is 2.26. The maximum Gasteiger partial charge on any atom is 0.242 e. The minimum absolute atomic E-state index is 0.0446. The summed E-state index contributed by atoms with van der Waals surface area (Å²) in [5, 5.41) is 4.69. The molecule has 1 amide bonds. The predicted octanol–water partition coefficient (Wildman–Crippen LogP) is 4.02. The topological polar surface area (TPSA) is 34.0 Å². The van der Waals surface area contributed by atoms with E-state index < -0.39 is 0 Å². The van der Waals surface area contributed by atoms with E-state index in [0.29, 0.717) is 10.9 Å². The summed E-state index contributed by atoms with van der Waals surface area (Å²) in [7, 11) is 0. The van der Waals surface area contributed by atoms with Crippen LogP contribution in [-0.2, 0) is 4.79 Å². The molecule has 3 nitrogen and oxygen atoms in total. The molecule has 0 saturated carbocycles. The van der Waals surface area contributed by atoms with Crippen LogP contribution in [0.15, 0.2) is 30.5 Å². The average molecular weight is 293 g/mol. The van der Waals surface area contributed by atoms with Gasteiger partial charge in [0.15, 0.2) is 0 Å². The third kappa shape index (κ3) is 3.15. The number of halogens is 1. The molecule has 0 aliphatic carbocycles. The summed E-state index contributed by atoms with van der Waals surface area (Å²) >= 11 is 6.16. The Kier molecular flexibility index (Phi) is 4.71. The molecule has 0 fully saturated rings. The van der Waals surface area contributed by atoms with E-state index in [1.165, 1.54) is 0 Å². The highest BCUT2D eigenvalue weighted by Gasteiger charge is 2.16. The molecule has 1 aromatic heterocycles. The second kappa shape index (κ2) is 6.31. The summed E-state index contributed by atoms with van der Waals surface area (Å²) < 4.78 is 1.96. The van der Waals surface area contributed by atoms with Crippen LogP contribution in [0.4, 0.5) is 0 Å². The van der Waals surface area contributed by atoms with Gasteiger partial charge in [-0.25, -0.2) is 0 Å². The molecule has 0 aliphatic heterocycles. The summed E-state index contributed by atoms with van der Waals surface area (Å²) in [6.45, 7) is 6.93. The van der Waals surface area contributed by atoms with Crippen molar-refractivity contribution >= 4 is 28.4 Å². The summed E-state index contributed by atoms with van der Waals surface area (Å²) in [6, 6.07) is 7.47. The smallest absolute Gasteiger partial charge is 0.242 e. The molecule has 1 heterocycles. The molecule has 2 aromatic rings. The number of amides is 1. The molecule has 108 valence electrons. The van der Waals surface area contributed by atoms with Gasteiger partial charge in [-0.15, -0.1) is 0 Å². The molecular formula is C16H21ClN2O. The molecule has 1 unspecified atom stereocenters. The van der Waals surface area contributed by atoms with Crippen LogP contribution < -0.4 is 5.32 Å². The van der Waals surface area contributed by atoms with Gasteiger partial charge in [0.1, 0.15) is 6.04 Å². The molecule has 20 heavy (non-hydrogen) atoms. The maximum absolute atomic E-state index is 12.2. The largest absolute Gasteiger partial charge is 0.354 e. The van der Waals surface area contributed by atoms with Gasteiger partial charge in [-0.2, -0.15) is 0 Å². The van der Waals surface area contributed by atoms with Gasteiger partial charge in [-0.3, -0.25) is 4.79 Å². The van der Waals surface area contributed by atoms with E-state index in [-0.39, 0.29) is 11.9 Å². The van der Waals surface area contributed by atoms with Gasteiger partial charge < -0.3 is 9.88 Å². The van der Waals surface area contributed by atoms with Crippen molar-refractivity contribution in [3.63, 3.8) is 0 Å². The lowest BCUT2D eigenvalue weighted by Crippen LogP contribution is -2.31. The molecule has 1 aromatic carbocycles. The van der Waals surface area contributed by atoms with Crippen LogP contribution in [0.1, 0.15) is 33.2 Å². The van der Waals surface area contributed by atoms with Gasteiger partial charge in [0.05, 0.1) is 5.52 Å². The van der Waals surface area contributed by atoms with Crippen molar-refractivity contribution in [2.24, 2.45) is 5.92 Å². The van der Waals surface area contributed by atoms with E-state index in [1.807, 2.05) is 42.0 Å². The van der Waals surface area contributed by atoms with E-state index >= 15 is 0 Å². The number of hydrogen-bond donors (Lipinski definition) is 1. The number of aromatic nitrogens is 1. The van der Waals surface area contributed by atoms with Gasteiger partial charge in [0.2, 0.25) is 5.91 Å². The van der Waals surface area contributed by atoms with Crippen molar-refractivity contribution in [1.29, 1.82) is 0 Å². The van der Waals surface area contributed by atoms with Crippen LogP contribution >= 0.6 is 11.6 Å². The molecule has 0 bridgehead atoms. The summed E-state index contributed by atoms with van der Waals surface area (Å²) in [5.74, 6) is 0.639. The average Bonchev–Trinajstić information content (AvgIpc) is 2.82. The molecule has 0 aliphatic rings. The summed E-state index contributed by atoms with van der Waals surface area (Å²) in [6.07, 6.45) is 2.92. The van der Waals surface area contributed by atoms with E-state index in [9.17, 15) is 4.79 Å². The number of nitrogens with one attached hydrogen (secondary N) is 1. The zero-order chi connectivity index (χ0) is 14.7. The minimum atomic E-state index is -0.238. The van der Waals surface area contributed by atoms with E-state index in [4.69, 9.17) is 11.6 Å². The predicted molar refractivity (Wildman–Crippen MR) is 84.1 cm³/mol. The first kappa shape index (κ1) is 14.9. The Bertz CT molecular complexity index is 604. The van der Waals surface area contributed by atoms with Crippen LogP contribution in [0.2, 0.25) is 5.02 Å². The third-order valence-electron chi connectivity index (χ3n) is 3.53. The van der Waals surface area contributed by atoms with E-state index in [0.717, 1.165) is 23.9 Å². The van der Waals surface area contributed by atoms with Gasteiger partial charge in [-0.05, 0) is 37.5 Å². The molecular weight excluding hydrogens is 272 g/mol. The van der Waals surface area contributed by atoms with Crippen molar-refractivity contribution in [2.75, 3.05) is 6.54 Å². The molecule has 4 heteroatoms. The Hall–Kier alpha value is -1.48. The number of benzene rings is 1. The van der Waals surface area contributed by atoms with Gasteiger partial charge in [0, 0.05) is 23.2 Å². The lowest BCUT2D eigenvalue weighted by atomic mass is 10.1. The summed E-state index contributed by atoms with van der Waals surface area (Å²) in [5.41, 5.74) is 0.990. The standard InChI is InChI=1S/C16H21ClN2O/c1-11(2)7-9-18-16(20)12(3)19-10-8-13-14(17)5-4-6-15(13)19/h4-6,8,10-12H,7,9H2,1-3H3,(H,18,20). The van der Waals surface area contributed by atoms with Crippen molar-refractivity contribution in [3.05, 3.63) is 35.5 Å². The fourth-order valence-corrected chi connectivity index (χ4v) is 2.48. The number of carbonyl (C=O) groups excluding carboxylic acids is 1. The van der Waals surface area contributed by atoms with Crippen molar-refractivity contribution in [3.8, 4) is 0 Å². The summed E-state index contributed by atoms with van der Waals surface area (Å²) in [4.78, 5) is 12.2. The molecule has 0 radical (unpaired) electrons. The van der Waals surface area contributed by atoms with Crippen LogP contribution in [0.25, 0.3) is 10.9 Å². The number of carbonyl (C=O) groups is 1. The zero-order valence-corrected chi connectivity index (χ0v) is 12.9. The zero-order valence-electron chi connectivity index (χ0n) is 12.2. The number of nitrogens with zero attached hydrogens (tertiary/aromatic N) is 1. The van der Waals surface area contributed by atoms with Crippen LogP contribution in [0.3, 0.4) is 0 Å². The first-order chi connectivity index (χ1) is 9.50. The molecule has 1 N–H and O–H groups in total. The van der Waals surface area contributed by atoms with Crippen LogP contribution in [0, 0.1) is 5.92 Å². The number of fused-ring (bicyclic) bond motifs is 1. The third-order valence-corrected chi connectivity index (χ3v) is 3.86. The number of hydrogen-bond acceptors (Lipinski definition) is 1. The molecule has 2 rings (SSSR count). The molecule has 0 spiro atoms.